The van der Waals surface area contributed by atoms with Gasteiger partial charge in [0.15, 0.2) is 0 Å². The van der Waals surface area contributed by atoms with Crippen LogP contribution >= 0.6 is 11.6 Å². The van der Waals surface area contributed by atoms with E-state index in [1.54, 1.807) is 0 Å². The molecular weight excluding hydrogens is 435 g/mol. The van der Waals surface area contributed by atoms with Gasteiger partial charge in [-0.05, 0) is 38.1 Å². The predicted octanol–water partition coefficient (Wildman–Crippen LogP) is 5.68. The lowest BCUT2D eigenvalue weighted by atomic mass is 10.1. The van der Waals surface area contributed by atoms with Crippen LogP contribution in [0.3, 0.4) is 0 Å². The number of esters is 1. The lowest BCUT2D eigenvalue weighted by molar-refractivity contribution is -0.385. The molecule has 0 fully saturated rings. The van der Waals surface area contributed by atoms with Gasteiger partial charge in [0.2, 0.25) is 0 Å². The maximum absolute atomic E-state index is 12.7. The molecule has 0 aliphatic rings. The van der Waals surface area contributed by atoms with Crippen LogP contribution in [-0.2, 0) is 15.7 Å². The molecule has 160 valence electrons. The molecule has 0 heterocycles. The Morgan fingerprint density at radius 2 is 1.87 bits per heavy atom. The Hall–Kier alpha value is -3.34. The Morgan fingerprint density at radius 1 is 1.20 bits per heavy atom. The second kappa shape index (κ2) is 8.99. The first-order valence-corrected chi connectivity index (χ1v) is 8.54. The van der Waals surface area contributed by atoms with Crippen molar-refractivity contribution in [2.24, 2.45) is 0 Å². The van der Waals surface area contributed by atoms with Crippen LogP contribution in [0.5, 0.6) is 11.5 Å². The van der Waals surface area contributed by atoms with Gasteiger partial charge in [-0.1, -0.05) is 11.6 Å². The van der Waals surface area contributed by atoms with E-state index in [2.05, 4.69) is 9.47 Å². The summed E-state index contributed by atoms with van der Waals surface area (Å²) < 4.78 is 52.5. The zero-order valence-corrected chi connectivity index (χ0v) is 16.2. The average molecular weight is 448 g/mol. The average Bonchev–Trinajstić information content (AvgIpc) is 2.61. The van der Waals surface area contributed by atoms with Crippen LogP contribution in [0.2, 0.25) is 5.02 Å². The fourth-order valence-corrected chi connectivity index (χ4v) is 2.59. The van der Waals surface area contributed by atoms with Gasteiger partial charge in [-0.25, -0.2) is 9.59 Å². The highest BCUT2D eigenvalue weighted by molar-refractivity contribution is 6.32. The summed E-state index contributed by atoms with van der Waals surface area (Å²) in [6, 6.07) is 4.41. The molecule has 0 N–H and O–H groups in total. The van der Waals surface area contributed by atoms with Gasteiger partial charge >= 0.3 is 18.3 Å². The molecule has 0 atom stereocenters. The van der Waals surface area contributed by atoms with Crippen LogP contribution < -0.4 is 4.74 Å². The standard InChI is InChI=1S/C18H13ClF3NO7/c1-3-28-17(25)30-16(24)12-8-11(6-9(2)15(12)23(26)27)29-14-5-4-10(7-13(14)19)18(20,21)22/h4-8H,3H2,1-2H3. The van der Waals surface area contributed by atoms with E-state index < -0.39 is 40.0 Å². The summed E-state index contributed by atoms with van der Waals surface area (Å²) in [5, 5.41) is 10.9. The molecule has 2 aromatic rings. The zero-order valence-electron chi connectivity index (χ0n) is 15.4. The molecule has 0 aromatic heterocycles. The molecule has 2 rings (SSSR count). The highest BCUT2D eigenvalue weighted by Gasteiger charge is 2.31. The number of carbonyl (C=O) groups excluding carboxylic acids is 2. The predicted molar refractivity (Wildman–Crippen MR) is 96.8 cm³/mol. The SMILES string of the molecule is CCOC(=O)OC(=O)c1cc(Oc2ccc(C(F)(F)F)cc2Cl)cc(C)c1[N+](=O)[O-]. The summed E-state index contributed by atoms with van der Waals surface area (Å²) in [4.78, 5) is 34.0. The van der Waals surface area contributed by atoms with E-state index in [0.717, 1.165) is 18.2 Å². The minimum atomic E-state index is -4.61. The first kappa shape index (κ1) is 22.9. The van der Waals surface area contributed by atoms with Crippen molar-refractivity contribution in [2.75, 3.05) is 6.61 Å². The van der Waals surface area contributed by atoms with Crippen LogP contribution in [0.4, 0.5) is 23.7 Å². The summed E-state index contributed by atoms with van der Waals surface area (Å²) in [5.74, 6) is -1.72. The number of nitro groups is 1. The number of hydrogen-bond donors (Lipinski definition) is 0. The van der Waals surface area contributed by atoms with Crippen molar-refractivity contribution in [1.29, 1.82) is 0 Å². The highest BCUT2D eigenvalue weighted by atomic mass is 35.5. The van der Waals surface area contributed by atoms with Gasteiger partial charge in [0.05, 0.1) is 22.1 Å². The third kappa shape index (κ3) is 5.38. The number of benzene rings is 2. The van der Waals surface area contributed by atoms with Crippen molar-refractivity contribution < 1.29 is 41.9 Å². The van der Waals surface area contributed by atoms with Crippen molar-refractivity contribution in [3.63, 3.8) is 0 Å². The number of rotatable bonds is 5. The first-order chi connectivity index (χ1) is 13.9. The summed E-state index contributed by atoms with van der Waals surface area (Å²) >= 11 is 5.83. The van der Waals surface area contributed by atoms with E-state index in [9.17, 15) is 32.9 Å². The van der Waals surface area contributed by atoms with Gasteiger partial charge in [-0.15, -0.1) is 0 Å². The summed E-state index contributed by atoms with van der Waals surface area (Å²) in [6.07, 6.45) is -5.97. The zero-order chi connectivity index (χ0) is 22.6. The van der Waals surface area contributed by atoms with E-state index in [0.29, 0.717) is 6.07 Å². The highest BCUT2D eigenvalue weighted by Crippen LogP contribution is 2.38. The lowest BCUT2D eigenvalue weighted by Crippen LogP contribution is -2.15. The Morgan fingerprint density at radius 3 is 2.40 bits per heavy atom. The van der Waals surface area contributed by atoms with Crippen LogP contribution in [0.15, 0.2) is 30.3 Å². The van der Waals surface area contributed by atoms with Gasteiger partial charge in [0, 0.05) is 11.6 Å². The van der Waals surface area contributed by atoms with E-state index in [1.807, 2.05) is 0 Å². The monoisotopic (exact) mass is 447 g/mol. The topological polar surface area (TPSA) is 105 Å². The Labute approximate surface area is 172 Å². The molecule has 0 saturated heterocycles. The minimum Gasteiger partial charge on any atom is -0.456 e. The van der Waals surface area contributed by atoms with Crippen LogP contribution in [0.25, 0.3) is 0 Å². The molecule has 2 aromatic carbocycles. The molecule has 0 aliphatic carbocycles. The first-order valence-electron chi connectivity index (χ1n) is 8.16. The number of carbonyl (C=O) groups is 2. The van der Waals surface area contributed by atoms with Crippen molar-refractivity contribution >= 4 is 29.4 Å². The van der Waals surface area contributed by atoms with E-state index in [1.165, 1.54) is 19.9 Å². The van der Waals surface area contributed by atoms with Crippen molar-refractivity contribution in [1.82, 2.24) is 0 Å². The Kier molecular flexibility index (Phi) is 6.88. The molecule has 0 saturated carbocycles. The number of nitro benzene ring substituents is 1. The second-order valence-electron chi connectivity index (χ2n) is 5.71. The molecule has 0 bridgehead atoms. The number of alkyl halides is 3. The van der Waals surface area contributed by atoms with Gasteiger partial charge in [-0.3, -0.25) is 10.1 Å². The third-order valence-electron chi connectivity index (χ3n) is 3.60. The molecule has 8 nitrogen and oxygen atoms in total. The fraction of sp³-hybridized carbons (Fsp3) is 0.222. The number of hydrogen-bond acceptors (Lipinski definition) is 7. The maximum atomic E-state index is 12.7. The number of nitrogens with zero attached hydrogens (tertiary/aromatic N) is 1. The van der Waals surface area contributed by atoms with Gasteiger partial charge in [0.25, 0.3) is 5.69 Å². The Bertz CT molecular complexity index is 1010. The molecule has 0 radical (unpaired) electrons. The molecule has 0 aliphatic heterocycles. The quantitative estimate of drug-likeness (QED) is 0.251. The molecule has 12 heteroatoms. The molecule has 0 unspecified atom stereocenters. The minimum absolute atomic E-state index is 0.0312. The number of aryl methyl sites for hydroxylation is 1. The lowest BCUT2D eigenvalue weighted by Gasteiger charge is -2.13. The number of halogens is 4. The summed E-state index contributed by atoms with van der Waals surface area (Å²) in [7, 11) is 0. The van der Waals surface area contributed by atoms with Crippen LogP contribution in [0, 0.1) is 17.0 Å². The van der Waals surface area contributed by atoms with Gasteiger partial charge < -0.3 is 14.2 Å². The van der Waals surface area contributed by atoms with Gasteiger partial charge in [0.1, 0.15) is 17.1 Å². The normalized spacial score (nSPS) is 11.0. The summed E-state index contributed by atoms with van der Waals surface area (Å²) in [5.41, 5.74) is -2.30. The fourth-order valence-electron chi connectivity index (χ4n) is 2.37. The van der Waals surface area contributed by atoms with Crippen molar-refractivity contribution in [3.8, 4) is 11.5 Å². The Balaban J connectivity index is 2.43. The molecule has 0 spiro atoms. The summed E-state index contributed by atoms with van der Waals surface area (Å²) in [6.45, 7) is 2.66. The van der Waals surface area contributed by atoms with Crippen LogP contribution in [-0.4, -0.2) is 23.7 Å². The van der Waals surface area contributed by atoms with Crippen molar-refractivity contribution in [3.05, 3.63) is 62.2 Å². The molecule has 30 heavy (non-hydrogen) atoms. The number of ether oxygens (including phenoxy) is 3. The van der Waals surface area contributed by atoms with Crippen LogP contribution in [0.1, 0.15) is 28.4 Å². The smallest absolute Gasteiger partial charge is 0.456 e. The second-order valence-corrected chi connectivity index (χ2v) is 6.12. The largest absolute Gasteiger partial charge is 0.516 e. The van der Waals surface area contributed by atoms with E-state index in [-0.39, 0.29) is 28.7 Å². The molecular formula is C18H13ClF3NO7. The van der Waals surface area contributed by atoms with E-state index >= 15 is 0 Å². The molecule has 0 amide bonds. The third-order valence-corrected chi connectivity index (χ3v) is 3.90. The van der Waals surface area contributed by atoms with Crippen molar-refractivity contribution in [2.45, 2.75) is 20.0 Å². The maximum Gasteiger partial charge on any atom is 0.516 e. The van der Waals surface area contributed by atoms with E-state index in [4.69, 9.17) is 16.3 Å². The van der Waals surface area contributed by atoms with Gasteiger partial charge in [-0.2, -0.15) is 13.2 Å².